The lowest BCUT2D eigenvalue weighted by Gasteiger charge is -2.10. The molecule has 0 atom stereocenters. The molecule has 11 aromatic rings. The van der Waals surface area contributed by atoms with Gasteiger partial charge in [0.05, 0.1) is 0 Å². The highest BCUT2D eigenvalue weighted by atomic mass is 16.3. The third kappa shape index (κ3) is 4.26. The highest BCUT2D eigenvalue weighted by Crippen LogP contribution is 2.41. The maximum atomic E-state index is 6.56. The molecule has 0 spiro atoms. The van der Waals surface area contributed by atoms with Gasteiger partial charge >= 0.3 is 0 Å². The van der Waals surface area contributed by atoms with Crippen LogP contribution in [0.5, 0.6) is 0 Å². The molecule has 7 aromatic carbocycles. The van der Waals surface area contributed by atoms with Gasteiger partial charge in [-0.25, -0.2) is 15.0 Å². The molecule has 51 heavy (non-hydrogen) atoms. The Balaban J connectivity index is 1.12. The van der Waals surface area contributed by atoms with Gasteiger partial charge in [-0.1, -0.05) is 115 Å². The summed E-state index contributed by atoms with van der Waals surface area (Å²) in [5, 5.41) is 6.12. The van der Waals surface area contributed by atoms with Crippen LogP contribution >= 0.6 is 0 Å². The third-order valence-electron chi connectivity index (χ3n) is 9.76. The average molecular weight is 656 g/mol. The first-order chi connectivity index (χ1) is 25.3. The maximum absolute atomic E-state index is 6.56. The fraction of sp³-hybridized carbons (Fsp3) is 0. The van der Waals surface area contributed by atoms with Gasteiger partial charge in [-0.05, 0) is 42.0 Å². The maximum Gasteiger partial charge on any atom is 0.164 e. The summed E-state index contributed by atoms with van der Waals surface area (Å²) in [6.45, 7) is 0. The summed E-state index contributed by atoms with van der Waals surface area (Å²) in [4.78, 5) is 15.3. The van der Waals surface area contributed by atoms with Crippen molar-refractivity contribution in [1.82, 2.24) is 15.0 Å². The van der Waals surface area contributed by atoms with Crippen molar-refractivity contribution in [3.05, 3.63) is 152 Å². The van der Waals surface area contributed by atoms with Gasteiger partial charge in [0, 0.05) is 54.6 Å². The Labute approximate surface area is 290 Å². The van der Waals surface area contributed by atoms with Crippen molar-refractivity contribution in [3.63, 3.8) is 0 Å². The van der Waals surface area contributed by atoms with Crippen LogP contribution in [-0.4, -0.2) is 15.0 Å². The molecule has 238 valence electrons. The summed E-state index contributed by atoms with van der Waals surface area (Å²) >= 11 is 0. The van der Waals surface area contributed by atoms with Gasteiger partial charge in [-0.15, -0.1) is 0 Å². The van der Waals surface area contributed by atoms with E-state index in [0.717, 1.165) is 93.6 Å². The fourth-order valence-electron chi connectivity index (χ4n) is 7.45. The molecule has 6 nitrogen and oxygen atoms in total. The van der Waals surface area contributed by atoms with E-state index in [4.69, 9.17) is 28.2 Å². The first-order valence-electron chi connectivity index (χ1n) is 16.9. The quantitative estimate of drug-likeness (QED) is 0.188. The SMILES string of the molecule is c1ccc(-c2nc(-c3cccc4oc5ccccc5c34)nc(-c3cccc4oc5cc(-c6cccc7c6oc6ccccc67)ccc5c34)n2)cc1. The molecule has 0 saturated carbocycles. The Morgan fingerprint density at radius 2 is 0.843 bits per heavy atom. The zero-order valence-corrected chi connectivity index (χ0v) is 27.0. The van der Waals surface area contributed by atoms with Crippen molar-refractivity contribution in [2.24, 2.45) is 0 Å². The van der Waals surface area contributed by atoms with Crippen LogP contribution in [0, 0.1) is 0 Å². The summed E-state index contributed by atoms with van der Waals surface area (Å²) in [5.74, 6) is 1.72. The molecule has 0 unspecified atom stereocenters. The Kier molecular flexibility index (Phi) is 5.86. The normalized spacial score (nSPS) is 11.9. The van der Waals surface area contributed by atoms with Gasteiger partial charge in [-0.3, -0.25) is 0 Å². The molecule has 0 amide bonds. The first-order valence-corrected chi connectivity index (χ1v) is 16.9. The highest BCUT2D eigenvalue weighted by Gasteiger charge is 2.21. The lowest BCUT2D eigenvalue weighted by Crippen LogP contribution is -2.00. The largest absolute Gasteiger partial charge is 0.456 e. The van der Waals surface area contributed by atoms with Crippen molar-refractivity contribution >= 4 is 65.8 Å². The van der Waals surface area contributed by atoms with Gasteiger partial charge in [-0.2, -0.15) is 0 Å². The van der Waals surface area contributed by atoms with Crippen LogP contribution in [0.3, 0.4) is 0 Å². The number of hydrogen-bond acceptors (Lipinski definition) is 6. The van der Waals surface area contributed by atoms with Crippen molar-refractivity contribution in [1.29, 1.82) is 0 Å². The molecular weight excluding hydrogens is 631 g/mol. The summed E-state index contributed by atoms with van der Waals surface area (Å²) in [7, 11) is 0. The molecule has 0 aliphatic heterocycles. The summed E-state index contributed by atoms with van der Waals surface area (Å²) in [5.41, 5.74) is 9.55. The van der Waals surface area contributed by atoms with Crippen LogP contribution in [0.1, 0.15) is 0 Å². The van der Waals surface area contributed by atoms with Crippen molar-refractivity contribution < 1.29 is 13.3 Å². The van der Waals surface area contributed by atoms with Gasteiger partial charge in [0.25, 0.3) is 0 Å². The Morgan fingerprint density at radius 3 is 1.59 bits per heavy atom. The predicted octanol–water partition coefficient (Wildman–Crippen LogP) is 12.2. The number of nitrogens with zero attached hydrogens (tertiary/aromatic N) is 3. The van der Waals surface area contributed by atoms with Crippen molar-refractivity contribution in [2.75, 3.05) is 0 Å². The van der Waals surface area contributed by atoms with Crippen LogP contribution < -0.4 is 0 Å². The molecule has 0 aliphatic carbocycles. The summed E-state index contributed by atoms with van der Waals surface area (Å²) in [6, 6.07) is 51.0. The number of fused-ring (bicyclic) bond motifs is 9. The van der Waals surface area contributed by atoms with E-state index in [0.29, 0.717) is 17.5 Å². The minimum Gasteiger partial charge on any atom is -0.456 e. The van der Waals surface area contributed by atoms with Crippen LogP contribution in [0.4, 0.5) is 0 Å². The van der Waals surface area contributed by atoms with E-state index in [2.05, 4.69) is 60.7 Å². The number of para-hydroxylation sites is 3. The van der Waals surface area contributed by atoms with E-state index in [1.165, 1.54) is 0 Å². The molecular formula is C45H25N3O3. The van der Waals surface area contributed by atoms with E-state index in [9.17, 15) is 0 Å². The lowest BCUT2D eigenvalue weighted by molar-refractivity contribution is 0.668. The van der Waals surface area contributed by atoms with Gasteiger partial charge in [0.2, 0.25) is 0 Å². The molecule has 0 radical (unpaired) electrons. The number of benzene rings is 7. The van der Waals surface area contributed by atoms with Crippen molar-refractivity contribution in [3.8, 4) is 45.3 Å². The standard InChI is InChI=1S/C45H25N3O3/c1-2-11-26(12-3-1)43-46-44(33-17-9-21-37-40(33)31-14-5-7-20-36(31)49-37)48-45(47-43)34-18-10-22-38-41(34)32-24-23-27(25-39(32)50-38)28-15-8-16-30-29-13-4-6-19-35(29)51-42(28)30/h1-25H. The van der Waals surface area contributed by atoms with Crippen LogP contribution in [0.25, 0.3) is 111 Å². The highest BCUT2D eigenvalue weighted by molar-refractivity contribution is 6.15. The second-order valence-electron chi connectivity index (χ2n) is 12.7. The number of furan rings is 3. The predicted molar refractivity (Wildman–Crippen MR) is 203 cm³/mol. The van der Waals surface area contributed by atoms with Crippen LogP contribution in [0.2, 0.25) is 0 Å². The van der Waals surface area contributed by atoms with E-state index in [1.807, 2.05) is 91.0 Å². The number of hydrogen-bond donors (Lipinski definition) is 0. The zero-order chi connectivity index (χ0) is 33.5. The molecule has 0 bridgehead atoms. The van der Waals surface area contributed by atoms with Crippen LogP contribution in [0.15, 0.2) is 165 Å². The minimum atomic E-state index is 0.563. The monoisotopic (exact) mass is 655 g/mol. The van der Waals surface area contributed by atoms with E-state index in [1.54, 1.807) is 0 Å². The van der Waals surface area contributed by atoms with Crippen molar-refractivity contribution in [2.45, 2.75) is 0 Å². The Morgan fingerprint density at radius 1 is 0.314 bits per heavy atom. The first kappa shape index (κ1) is 27.9. The average Bonchev–Trinajstić information content (AvgIpc) is 3.89. The number of rotatable bonds is 4. The molecule has 6 heteroatoms. The molecule has 11 rings (SSSR count). The summed E-state index contributed by atoms with van der Waals surface area (Å²) < 4.78 is 19.2. The molecule has 4 aromatic heterocycles. The number of aromatic nitrogens is 3. The van der Waals surface area contributed by atoms with Gasteiger partial charge < -0.3 is 13.3 Å². The Bertz CT molecular complexity index is 3150. The molecule has 4 heterocycles. The minimum absolute atomic E-state index is 0.563. The van der Waals surface area contributed by atoms with Gasteiger partial charge in [0.1, 0.15) is 33.5 Å². The van der Waals surface area contributed by atoms with E-state index < -0.39 is 0 Å². The topological polar surface area (TPSA) is 78.1 Å². The van der Waals surface area contributed by atoms with E-state index >= 15 is 0 Å². The lowest BCUT2D eigenvalue weighted by atomic mass is 9.99. The second-order valence-corrected chi connectivity index (χ2v) is 12.7. The second kappa shape index (κ2) is 10.7. The van der Waals surface area contributed by atoms with Gasteiger partial charge in [0.15, 0.2) is 17.5 Å². The Hall–Kier alpha value is -7.05. The molecule has 0 saturated heterocycles. The van der Waals surface area contributed by atoms with E-state index in [-0.39, 0.29) is 0 Å². The fourth-order valence-corrected chi connectivity index (χ4v) is 7.45. The molecule has 0 N–H and O–H groups in total. The molecule has 0 aliphatic rings. The van der Waals surface area contributed by atoms with Crippen LogP contribution in [-0.2, 0) is 0 Å². The smallest absolute Gasteiger partial charge is 0.164 e. The summed E-state index contributed by atoms with van der Waals surface area (Å²) in [6.07, 6.45) is 0. The third-order valence-corrected chi connectivity index (χ3v) is 9.76. The molecule has 0 fully saturated rings. The zero-order valence-electron chi connectivity index (χ0n) is 27.0.